The van der Waals surface area contributed by atoms with E-state index in [9.17, 15) is 0 Å². The van der Waals surface area contributed by atoms with Gasteiger partial charge in [-0.3, -0.25) is 0 Å². The van der Waals surface area contributed by atoms with Gasteiger partial charge in [-0.25, -0.2) is 0 Å². The van der Waals surface area contributed by atoms with Crippen molar-refractivity contribution in [2.24, 2.45) is 5.73 Å². The molecule has 1 atom stereocenters. The van der Waals surface area contributed by atoms with Crippen LogP contribution < -0.4 is 10.5 Å². The van der Waals surface area contributed by atoms with Gasteiger partial charge in [-0.05, 0) is 19.9 Å². The number of nitrogens with zero attached hydrogens (tertiary/aromatic N) is 1. The van der Waals surface area contributed by atoms with E-state index in [1.54, 1.807) is 0 Å². The van der Waals surface area contributed by atoms with Gasteiger partial charge >= 0.3 is 0 Å². The summed E-state index contributed by atoms with van der Waals surface area (Å²) in [5.74, 6) is 1.58. The van der Waals surface area contributed by atoms with Gasteiger partial charge in [0.1, 0.15) is 23.8 Å². The van der Waals surface area contributed by atoms with Gasteiger partial charge in [-0.2, -0.15) is 0 Å². The molecule has 0 fully saturated rings. The topological polar surface area (TPSA) is 61.3 Å². The molecule has 17 heavy (non-hydrogen) atoms. The zero-order valence-corrected chi connectivity index (χ0v) is 10.0. The molecule has 0 saturated heterocycles. The number of nitrogens with two attached hydrogens (primary N) is 1. The third-order valence-corrected chi connectivity index (χ3v) is 2.46. The van der Waals surface area contributed by atoms with Crippen LogP contribution >= 0.6 is 0 Å². The lowest BCUT2D eigenvalue weighted by molar-refractivity contribution is 0.284. The molecule has 4 nitrogen and oxygen atoms in total. The summed E-state index contributed by atoms with van der Waals surface area (Å²) in [6.07, 6.45) is 0. The van der Waals surface area contributed by atoms with Crippen LogP contribution in [0.5, 0.6) is 5.75 Å². The van der Waals surface area contributed by atoms with Crippen LogP contribution in [0.2, 0.25) is 0 Å². The number of benzene rings is 1. The monoisotopic (exact) mass is 232 g/mol. The van der Waals surface area contributed by atoms with Crippen LogP contribution in [-0.2, 0) is 6.61 Å². The Hall–Kier alpha value is -1.81. The van der Waals surface area contributed by atoms with Gasteiger partial charge in [0.25, 0.3) is 0 Å². The summed E-state index contributed by atoms with van der Waals surface area (Å²) in [5.41, 5.74) is 7.65. The van der Waals surface area contributed by atoms with Crippen LogP contribution in [0.4, 0.5) is 0 Å². The predicted octanol–water partition coefficient (Wildman–Crippen LogP) is 2.58. The first-order valence-electron chi connectivity index (χ1n) is 5.56. The maximum absolute atomic E-state index is 5.87. The number of para-hydroxylation sites is 1. The number of aryl methyl sites for hydroxylation is 1. The van der Waals surface area contributed by atoms with Crippen LogP contribution in [0, 0.1) is 6.92 Å². The number of rotatable bonds is 4. The maximum atomic E-state index is 5.87. The molecule has 0 aliphatic carbocycles. The van der Waals surface area contributed by atoms with Crippen LogP contribution in [0.1, 0.15) is 30.0 Å². The second kappa shape index (κ2) is 5.01. The molecule has 1 aromatic heterocycles. The lowest BCUT2D eigenvalue weighted by Crippen LogP contribution is -2.08. The molecule has 0 aliphatic heterocycles. The van der Waals surface area contributed by atoms with Crippen LogP contribution in [0.3, 0.4) is 0 Å². The van der Waals surface area contributed by atoms with Crippen molar-refractivity contribution in [3.8, 4) is 5.75 Å². The molecule has 90 valence electrons. The van der Waals surface area contributed by atoms with E-state index in [1.165, 1.54) is 0 Å². The summed E-state index contributed by atoms with van der Waals surface area (Å²) < 4.78 is 10.7. The Morgan fingerprint density at radius 1 is 1.41 bits per heavy atom. The molecule has 0 saturated carbocycles. The Bertz CT molecular complexity index is 492. The fourth-order valence-electron chi connectivity index (χ4n) is 1.63. The summed E-state index contributed by atoms with van der Waals surface area (Å²) >= 11 is 0. The van der Waals surface area contributed by atoms with Crippen molar-refractivity contribution >= 4 is 0 Å². The van der Waals surface area contributed by atoms with Crippen molar-refractivity contribution in [1.82, 2.24) is 5.16 Å². The van der Waals surface area contributed by atoms with Crippen molar-refractivity contribution in [3.05, 3.63) is 47.3 Å². The maximum Gasteiger partial charge on any atom is 0.134 e. The fraction of sp³-hybridized carbons (Fsp3) is 0.308. The van der Waals surface area contributed by atoms with Crippen molar-refractivity contribution in [2.75, 3.05) is 0 Å². The Kier molecular flexibility index (Phi) is 3.44. The highest BCUT2D eigenvalue weighted by Gasteiger charge is 2.08. The SMILES string of the molecule is Cc1cc(COc2ccccc2[C@@H](C)N)no1. The Labute approximate surface area is 100 Å². The Balaban J connectivity index is 2.08. The zero-order chi connectivity index (χ0) is 12.3. The average molecular weight is 232 g/mol. The minimum absolute atomic E-state index is 0.0507. The summed E-state index contributed by atoms with van der Waals surface area (Å²) in [6, 6.07) is 9.56. The smallest absolute Gasteiger partial charge is 0.134 e. The molecule has 0 aliphatic rings. The largest absolute Gasteiger partial charge is 0.487 e. The molecule has 0 spiro atoms. The standard InChI is InChI=1S/C13H16N2O2/c1-9-7-11(15-17-9)8-16-13-6-4-3-5-12(13)10(2)14/h3-7,10H,8,14H2,1-2H3/t10-/m1/s1. The minimum Gasteiger partial charge on any atom is -0.487 e. The van der Waals surface area contributed by atoms with E-state index in [0.29, 0.717) is 6.61 Å². The molecule has 2 rings (SSSR count). The molecule has 2 N–H and O–H groups in total. The van der Waals surface area contributed by atoms with Gasteiger partial charge in [-0.1, -0.05) is 23.4 Å². The van der Waals surface area contributed by atoms with Crippen molar-refractivity contribution in [2.45, 2.75) is 26.5 Å². The van der Waals surface area contributed by atoms with Gasteiger partial charge < -0.3 is 15.0 Å². The first-order chi connectivity index (χ1) is 8.16. The molecular formula is C13H16N2O2. The lowest BCUT2D eigenvalue weighted by atomic mass is 10.1. The quantitative estimate of drug-likeness (QED) is 0.880. The lowest BCUT2D eigenvalue weighted by Gasteiger charge is -2.12. The van der Waals surface area contributed by atoms with Gasteiger partial charge in [-0.15, -0.1) is 0 Å². The molecule has 0 radical (unpaired) electrons. The number of hydrogen-bond donors (Lipinski definition) is 1. The van der Waals surface area contributed by atoms with Crippen LogP contribution in [0.15, 0.2) is 34.9 Å². The van der Waals surface area contributed by atoms with E-state index in [1.807, 2.05) is 44.2 Å². The summed E-state index contributed by atoms with van der Waals surface area (Å²) in [7, 11) is 0. The predicted molar refractivity (Wildman–Crippen MR) is 64.6 cm³/mol. The second-order valence-electron chi connectivity index (χ2n) is 4.04. The van der Waals surface area contributed by atoms with Crippen molar-refractivity contribution in [1.29, 1.82) is 0 Å². The van der Waals surface area contributed by atoms with E-state index in [0.717, 1.165) is 22.8 Å². The average Bonchev–Trinajstić information content (AvgIpc) is 2.73. The minimum atomic E-state index is -0.0507. The Morgan fingerprint density at radius 2 is 2.18 bits per heavy atom. The number of aromatic nitrogens is 1. The highest BCUT2D eigenvalue weighted by Crippen LogP contribution is 2.23. The van der Waals surface area contributed by atoms with Gasteiger partial charge in [0.05, 0.1) is 0 Å². The van der Waals surface area contributed by atoms with Gasteiger partial charge in [0.15, 0.2) is 0 Å². The van der Waals surface area contributed by atoms with Gasteiger partial charge in [0, 0.05) is 17.7 Å². The van der Waals surface area contributed by atoms with Crippen LogP contribution in [-0.4, -0.2) is 5.16 Å². The van der Waals surface area contributed by atoms with E-state index in [-0.39, 0.29) is 6.04 Å². The molecular weight excluding hydrogens is 216 g/mol. The van der Waals surface area contributed by atoms with E-state index < -0.39 is 0 Å². The van der Waals surface area contributed by atoms with Crippen molar-refractivity contribution < 1.29 is 9.26 Å². The number of ether oxygens (including phenoxy) is 1. The third-order valence-electron chi connectivity index (χ3n) is 2.46. The summed E-state index contributed by atoms with van der Waals surface area (Å²) in [4.78, 5) is 0. The first kappa shape index (κ1) is 11.7. The zero-order valence-electron chi connectivity index (χ0n) is 10.0. The second-order valence-corrected chi connectivity index (χ2v) is 4.04. The van der Waals surface area contributed by atoms with E-state index >= 15 is 0 Å². The highest BCUT2D eigenvalue weighted by molar-refractivity contribution is 5.35. The van der Waals surface area contributed by atoms with Gasteiger partial charge in [0.2, 0.25) is 0 Å². The van der Waals surface area contributed by atoms with E-state index in [4.69, 9.17) is 15.0 Å². The molecule has 2 aromatic rings. The molecule has 4 heteroatoms. The van der Waals surface area contributed by atoms with E-state index in [2.05, 4.69) is 5.16 Å². The molecule has 1 aromatic carbocycles. The third kappa shape index (κ3) is 2.85. The molecule has 1 heterocycles. The molecule has 0 amide bonds. The highest BCUT2D eigenvalue weighted by atomic mass is 16.5. The fourth-order valence-corrected chi connectivity index (χ4v) is 1.63. The van der Waals surface area contributed by atoms with Crippen LogP contribution in [0.25, 0.3) is 0 Å². The molecule has 0 unspecified atom stereocenters. The Morgan fingerprint density at radius 3 is 2.82 bits per heavy atom. The normalized spacial score (nSPS) is 12.4. The first-order valence-corrected chi connectivity index (χ1v) is 5.56. The molecule has 0 bridgehead atoms. The summed E-state index contributed by atoms with van der Waals surface area (Å²) in [6.45, 7) is 4.18. The summed E-state index contributed by atoms with van der Waals surface area (Å²) in [5, 5.41) is 3.87. The number of hydrogen-bond acceptors (Lipinski definition) is 4. The van der Waals surface area contributed by atoms with Crippen molar-refractivity contribution in [3.63, 3.8) is 0 Å².